The molecule has 2 fully saturated rings. The van der Waals surface area contributed by atoms with E-state index in [0.717, 1.165) is 6.54 Å². The van der Waals surface area contributed by atoms with Crippen molar-refractivity contribution in [3.63, 3.8) is 0 Å². The Bertz CT molecular complexity index is 364. The van der Waals surface area contributed by atoms with E-state index >= 15 is 0 Å². The molecule has 0 aromatic heterocycles. The summed E-state index contributed by atoms with van der Waals surface area (Å²) in [6, 6.07) is 0.462. The summed E-state index contributed by atoms with van der Waals surface area (Å²) in [5.74, 6) is -0.187. The summed E-state index contributed by atoms with van der Waals surface area (Å²) in [6.45, 7) is 7.13. The average Bonchev–Trinajstić information content (AvgIpc) is 2.44. The fourth-order valence-electron chi connectivity index (χ4n) is 3.29. The van der Waals surface area contributed by atoms with Crippen LogP contribution in [0, 0.1) is 11.8 Å². The third-order valence-electron chi connectivity index (χ3n) is 5.04. The lowest BCUT2D eigenvalue weighted by molar-refractivity contribution is -0.146. The lowest BCUT2D eigenvalue weighted by Gasteiger charge is -2.39. The van der Waals surface area contributed by atoms with Crippen LogP contribution < -0.4 is 0 Å². The number of hydrogen-bond acceptors (Lipinski definition) is 3. The minimum Gasteiger partial charge on any atom is -0.481 e. The van der Waals surface area contributed by atoms with Gasteiger partial charge >= 0.3 is 5.97 Å². The van der Waals surface area contributed by atoms with E-state index in [-0.39, 0.29) is 11.8 Å². The Morgan fingerprint density at radius 1 is 1.10 bits per heavy atom. The zero-order chi connectivity index (χ0) is 14.7. The highest BCUT2D eigenvalue weighted by Crippen LogP contribution is 2.23. The van der Waals surface area contributed by atoms with Crippen LogP contribution >= 0.6 is 0 Å². The Balaban J connectivity index is 1.82. The van der Waals surface area contributed by atoms with Gasteiger partial charge in [0.1, 0.15) is 0 Å². The zero-order valence-corrected chi connectivity index (χ0v) is 12.5. The summed E-state index contributed by atoms with van der Waals surface area (Å²) in [6.07, 6.45) is 3.59. The molecule has 114 valence electrons. The van der Waals surface area contributed by atoms with Gasteiger partial charge in [-0.15, -0.1) is 0 Å². The van der Waals surface area contributed by atoms with Gasteiger partial charge in [-0.2, -0.15) is 0 Å². The van der Waals surface area contributed by atoms with Crippen molar-refractivity contribution < 1.29 is 14.7 Å². The fourth-order valence-corrected chi connectivity index (χ4v) is 3.29. The fraction of sp³-hybridized carbons (Fsp3) is 0.867. The number of carboxylic acids is 1. The number of carboxylic acid groups (broad SMARTS) is 1. The second-order valence-electron chi connectivity index (χ2n) is 6.32. The minimum atomic E-state index is -0.726. The minimum absolute atomic E-state index is 0.162. The van der Waals surface area contributed by atoms with Gasteiger partial charge in [0, 0.05) is 19.1 Å². The molecular formula is C15H26N2O3. The van der Waals surface area contributed by atoms with Crippen LogP contribution in [0.3, 0.4) is 0 Å². The molecule has 5 heteroatoms. The Kier molecular flexibility index (Phi) is 5.02. The summed E-state index contributed by atoms with van der Waals surface area (Å²) in [4.78, 5) is 27.4. The molecule has 2 atom stereocenters. The van der Waals surface area contributed by atoms with Gasteiger partial charge in [0.15, 0.2) is 0 Å². The molecule has 0 aromatic carbocycles. The smallest absolute Gasteiger partial charge is 0.306 e. The Morgan fingerprint density at radius 3 is 2.35 bits per heavy atom. The SMILES string of the molecule is CC1CCCN(CC(=O)N2CCC(C(=O)O)CC2)C1C. The third kappa shape index (κ3) is 3.51. The molecule has 0 aliphatic carbocycles. The quantitative estimate of drug-likeness (QED) is 0.850. The normalized spacial score (nSPS) is 29.4. The molecule has 0 bridgehead atoms. The molecule has 5 nitrogen and oxygen atoms in total. The van der Waals surface area contributed by atoms with Gasteiger partial charge in [-0.25, -0.2) is 0 Å². The molecule has 2 aliphatic rings. The average molecular weight is 282 g/mol. The van der Waals surface area contributed by atoms with Gasteiger partial charge in [-0.3, -0.25) is 14.5 Å². The van der Waals surface area contributed by atoms with E-state index in [1.807, 2.05) is 4.90 Å². The highest BCUT2D eigenvalue weighted by Gasteiger charge is 2.30. The maximum Gasteiger partial charge on any atom is 0.306 e. The number of hydrogen-bond donors (Lipinski definition) is 1. The van der Waals surface area contributed by atoms with Crippen molar-refractivity contribution in [2.24, 2.45) is 11.8 Å². The first-order chi connectivity index (χ1) is 9.49. The van der Waals surface area contributed by atoms with E-state index in [9.17, 15) is 9.59 Å². The van der Waals surface area contributed by atoms with Crippen molar-refractivity contribution in [3.05, 3.63) is 0 Å². The Morgan fingerprint density at radius 2 is 1.75 bits per heavy atom. The van der Waals surface area contributed by atoms with Crippen LogP contribution in [0.15, 0.2) is 0 Å². The molecular weight excluding hydrogens is 256 g/mol. The topological polar surface area (TPSA) is 60.9 Å². The molecule has 0 radical (unpaired) electrons. The van der Waals surface area contributed by atoms with Gasteiger partial charge in [0.25, 0.3) is 0 Å². The molecule has 2 unspecified atom stereocenters. The largest absolute Gasteiger partial charge is 0.481 e. The number of likely N-dealkylation sites (tertiary alicyclic amines) is 2. The maximum absolute atomic E-state index is 12.3. The highest BCUT2D eigenvalue weighted by atomic mass is 16.4. The van der Waals surface area contributed by atoms with Crippen molar-refractivity contribution in [3.8, 4) is 0 Å². The number of rotatable bonds is 3. The van der Waals surface area contributed by atoms with Gasteiger partial charge < -0.3 is 10.0 Å². The van der Waals surface area contributed by atoms with Crippen molar-refractivity contribution in [2.75, 3.05) is 26.2 Å². The predicted octanol–water partition coefficient (Wildman–Crippen LogP) is 1.43. The molecule has 2 heterocycles. The highest BCUT2D eigenvalue weighted by molar-refractivity contribution is 5.79. The summed E-state index contributed by atoms with van der Waals surface area (Å²) in [7, 11) is 0. The molecule has 1 N–H and O–H groups in total. The number of aliphatic carboxylic acids is 1. The first-order valence-electron chi connectivity index (χ1n) is 7.73. The Hall–Kier alpha value is -1.10. The van der Waals surface area contributed by atoms with Crippen LogP contribution in [0.2, 0.25) is 0 Å². The van der Waals surface area contributed by atoms with Crippen molar-refractivity contribution in [2.45, 2.75) is 45.6 Å². The van der Waals surface area contributed by atoms with E-state index in [2.05, 4.69) is 18.7 Å². The number of carbonyl (C=O) groups is 2. The summed E-state index contributed by atoms with van der Waals surface area (Å²) in [5, 5.41) is 8.98. The second kappa shape index (κ2) is 6.57. The molecule has 0 aromatic rings. The maximum atomic E-state index is 12.3. The van der Waals surface area contributed by atoms with Crippen LogP contribution in [0.5, 0.6) is 0 Å². The van der Waals surface area contributed by atoms with E-state index in [1.54, 1.807) is 0 Å². The second-order valence-corrected chi connectivity index (χ2v) is 6.32. The van der Waals surface area contributed by atoms with E-state index in [1.165, 1.54) is 12.8 Å². The molecule has 0 saturated carbocycles. The summed E-state index contributed by atoms with van der Waals surface area (Å²) in [5.41, 5.74) is 0. The Labute approximate surface area is 120 Å². The van der Waals surface area contributed by atoms with E-state index in [4.69, 9.17) is 5.11 Å². The molecule has 0 spiro atoms. The number of nitrogens with zero attached hydrogens (tertiary/aromatic N) is 2. The van der Waals surface area contributed by atoms with Gasteiger partial charge in [-0.05, 0) is 45.1 Å². The van der Waals surface area contributed by atoms with E-state index < -0.39 is 5.97 Å². The van der Waals surface area contributed by atoms with Crippen LogP contribution in [-0.2, 0) is 9.59 Å². The van der Waals surface area contributed by atoms with Gasteiger partial charge in [0.2, 0.25) is 5.91 Å². The number of amides is 1. The third-order valence-corrected chi connectivity index (χ3v) is 5.04. The standard InChI is InChI=1S/C15H26N2O3/c1-11-4-3-7-17(12(11)2)10-14(18)16-8-5-13(6-9-16)15(19)20/h11-13H,3-10H2,1-2H3,(H,19,20). The lowest BCUT2D eigenvalue weighted by Crippen LogP contribution is -2.50. The lowest BCUT2D eigenvalue weighted by atomic mass is 9.92. The molecule has 1 amide bonds. The first-order valence-corrected chi connectivity index (χ1v) is 7.73. The van der Waals surface area contributed by atoms with Crippen molar-refractivity contribution in [1.29, 1.82) is 0 Å². The molecule has 2 rings (SSSR count). The zero-order valence-electron chi connectivity index (χ0n) is 12.5. The number of piperidine rings is 2. The van der Waals surface area contributed by atoms with Crippen molar-refractivity contribution in [1.82, 2.24) is 9.80 Å². The van der Waals surface area contributed by atoms with Crippen LogP contribution in [0.4, 0.5) is 0 Å². The summed E-state index contributed by atoms with van der Waals surface area (Å²) >= 11 is 0. The van der Waals surface area contributed by atoms with Gasteiger partial charge in [0.05, 0.1) is 12.5 Å². The van der Waals surface area contributed by atoms with Gasteiger partial charge in [-0.1, -0.05) is 6.92 Å². The van der Waals surface area contributed by atoms with E-state index in [0.29, 0.717) is 44.4 Å². The molecule has 2 saturated heterocycles. The number of carbonyl (C=O) groups excluding carboxylic acids is 1. The monoisotopic (exact) mass is 282 g/mol. The van der Waals surface area contributed by atoms with Crippen LogP contribution in [0.25, 0.3) is 0 Å². The predicted molar refractivity (Wildman–Crippen MR) is 76.4 cm³/mol. The molecule has 2 aliphatic heterocycles. The van der Waals surface area contributed by atoms with Crippen LogP contribution in [-0.4, -0.2) is 59.0 Å². The summed E-state index contributed by atoms with van der Waals surface area (Å²) < 4.78 is 0. The first kappa shape index (κ1) is 15.3. The molecule has 20 heavy (non-hydrogen) atoms. The van der Waals surface area contributed by atoms with Crippen molar-refractivity contribution >= 4 is 11.9 Å². The van der Waals surface area contributed by atoms with Crippen LogP contribution in [0.1, 0.15) is 39.5 Å².